The molecular weight excluding hydrogens is 238 g/mol. The van der Waals surface area contributed by atoms with Crippen molar-refractivity contribution in [2.24, 2.45) is 0 Å². The fourth-order valence-corrected chi connectivity index (χ4v) is 1.62. The lowest BCUT2D eigenvalue weighted by Crippen LogP contribution is -2.22. The van der Waals surface area contributed by atoms with E-state index in [1.54, 1.807) is 7.11 Å². The Balaban J connectivity index is 2.86. The topological polar surface area (TPSA) is 30.5 Å². The standard InChI is InChI=1S/C16H25NO2/c1-6-13(4)11-19-16-14(10-17-12(2)3)8-7-9-15(16)18-5/h7-9,12,17H,4,6,10-11H2,1-3,5H3. The third-order valence-electron chi connectivity index (χ3n) is 2.90. The van der Waals surface area contributed by atoms with Crippen molar-refractivity contribution in [2.75, 3.05) is 13.7 Å². The molecule has 3 heteroatoms. The summed E-state index contributed by atoms with van der Waals surface area (Å²) < 4.78 is 11.3. The minimum atomic E-state index is 0.435. The molecule has 3 nitrogen and oxygen atoms in total. The van der Waals surface area contributed by atoms with Crippen LogP contribution in [0.1, 0.15) is 32.8 Å². The Kier molecular flexibility index (Phi) is 6.43. The van der Waals surface area contributed by atoms with Gasteiger partial charge >= 0.3 is 0 Å². The highest BCUT2D eigenvalue weighted by Gasteiger charge is 2.11. The average Bonchev–Trinajstić information content (AvgIpc) is 2.42. The first-order valence-electron chi connectivity index (χ1n) is 6.77. The molecule has 0 amide bonds. The van der Waals surface area contributed by atoms with Crippen LogP contribution < -0.4 is 14.8 Å². The summed E-state index contributed by atoms with van der Waals surface area (Å²) in [5.74, 6) is 1.58. The van der Waals surface area contributed by atoms with Crippen LogP contribution in [0.5, 0.6) is 11.5 Å². The van der Waals surface area contributed by atoms with E-state index in [2.05, 4.69) is 38.7 Å². The van der Waals surface area contributed by atoms with Gasteiger partial charge in [-0.25, -0.2) is 0 Å². The van der Waals surface area contributed by atoms with E-state index in [1.165, 1.54) is 0 Å². The Labute approximate surface area is 116 Å². The van der Waals surface area contributed by atoms with Crippen molar-refractivity contribution in [2.45, 2.75) is 39.8 Å². The van der Waals surface area contributed by atoms with Gasteiger partial charge in [0.2, 0.25) is 0 Å². The highest BCUT2D eigenvalue weighted by Crippen LogP contribution is 2.31. The van der Waals surface area contributed by atoms with E-state index < -0.39 is 0 Å². The maximum atomic E-state index is 5.88. The highest BCUT2D eigenvalue weighted by atomic mass is 16.5. The number of ether oxygens (including phenoxy) is 2. The SMILES string of the molecule is C=C(CC)COc1c(CNC(C)C)cccc1OC. The van der Waals surface area contributed by atoms with Gasteiger partial charge in [-0.1, -0.05) is 39.5 Å². The first kappa shape index (κ1) is 15.6. The second-order valence-electron chi connectivity index (χ2n) is 4.88. The quantitative estimate of drug-likeness (QED) is 0.728. The number of hydrogen-bond acceptors (Lipinski definition) is 3. The number of nitrogens with one attached hydrogen (secondary N) is 1. The van der Waals surface area contributed by atoms with Crippen LogP contribution in [-0.2, 0) is 6.54 Å². The van der Waals surface area contributed by atoms with Gasteiger partial charge in [0.05, 0.1) is 7.11 Å². The van der Waals surface area contributed by atoms with Gasteiger partial charge in [0.25, 0.3) is 0 Å². The summed E-state index contributed by atoms with van der Waals surface area (Å²) in [5.41, 5.74) is 2.19. The number of rotatable bonds is 8. The first-order chi connectivity index (χ1) is 9.08. The van der Waals surface area contributed by atoms with Crippen molar-refractivity contribution in [3.05, 3.63) is 35.9 Å². The van der Waals surface area contributed by atoms with Gasteiger partial charge in [-0.3, -0.25) is 0 Å². The first-order valence-corrected chi connectivity index (χ1v) is 6.77. The highest BCUT2D eigenvalue weighted by molar-refractivity contribution is 5.46. The van der Waals surface area contributed by atoms with Gasteiger partial charge in [-0.15, -0.1) is 0 Å². The third-order valence-corrected chi connectivity index (χ3v) is 2.90. The minimum absolute atomic E-state index is 0.435. The van der Waals surface area contributed by atoms with Gasteiger partial charge in [-0.2, -0.15) is 0 Å². The average molecular weight is 263 g/mol. The maximum absolute atomic E-state index is 5.88. The van der Waals surface area contributed by atoms with E-state index in [1.807, 2.05) is 12.1 Å². The van der Waals surface area contributed by atoms with Gasteiger partial charge in [-0.05, 0) is 18.1 Å². The molecule has 0 atom stereocenters. The van der Waals surface area contributed by atoms with Crippen LogP contribution in [0, 0.1) is 0 Å². The van der Waals surface area contributed by atoms with Crippen molar-refractivity contribution >= 4 is 0 Å². The Morgan fingerprint density at radius 1 is 1.37 bits per heavy atom. The molecule has 1 N–H and O–H groups in total. The second kappa shape index (κ2) is 7.85. The van der Waals surface area contributed by atoms with Crippen LogP contribution in [0.25, 0.3) is 0 Å². The molecule has 0 saturated carbocycles. The molecule has 0 aliphatic heterocycles. The van der Waals surface area contributed by atoms with E-state index in [0.29, 0.717) is 12.6 Å². The van der Waals surface area contributed by atoms with Gasteiger partial charge in [0, 0.05) is 18.2 Å². The zero-order valence-electron chi connectivity index (χ0n) is 12.5. The Morgan fingerprint density at radius 2 is 2.11 bits per heavy atom. The van der Waals surface area contributed by atoms with Crippen LogP contribution >= 0.6 is 0 Å². The lowest BCUT2D eigenvalue weighted by Gasteiger charge is -2.17. The van der Waals surface area contributed by atoms with E-state index in [9.17, 15) is 0 Å². The molecule has 1 rings (SSSR count). The summed E-state index contributed by atoms with van der Waals surface area (Å²) in [6.07, 6.45) is 0.925. The largest absolute Gasteiger partial charge is 0.493 e. The molecule has 0 unspecified atom stereocenters. The van der Waals surface area contributed by atoms with Crippen LogP contribution in [0.2, 0.25) is 0 Å². The van der Waals surface area contributed by atoms with Crippen molar-refractivity contribution < 1.29 is 9.47 Å². The van der Waals surface area contributed by atoms with Gasteiger partial charge in [0.1, 0.15) is 6.61 Å². The maximum Gasteiger partial charge on any atom is 0.166 e. The molecule has 0 aliphatic rings. The molecular formula is C16H25NO2. The summed E-state index contributed by atoms with van der Waals surface area (Å²) in [5, 5.41) is 3.40. The molecule has 0 bridgehead atoms. The number of para-hydroxylation sites is 1. The predicted octanol–water partition coefficient (Wildman–Crippen LogP) is 3.54. The normalized spacial score (nSPS) is 10.6. The van der Waals surface area contributed by atoms with E-state index in [4.69, 9.17) is 9.47 Å². The number of benzene rings is 1. The fraction of sp³-hybridized carbons (Fsp3) is 0.500. The van der Waals surface area contributed by atoms with Crippen LogP contribution in [0.15, 0.2) is 30.4 Å². The zero-order chi connectivity index (χ0) is 14.3. The molecule has 0 aliphatic carbocycles. The number of hydrogen-bond donors (Lipinski definition) is 1. The molecule has 106 valence electrons. The summed E-state index contributed by atoms with van der Waals surface area (Å²) >= 11 is 0. The summed E-state index contributed by atoms with van der Waals surface area (Å²) in [6, 6.07) is 6.40. The Morgan fingerprint density at radius 3 is 2.68 bits per heavy atom. The van der Waals surface area contributed by atoms with Crippen LogP contribution in [0.4, 0.5) is 0 Å². The molecule has 0 fully saturated rings. The number of methoxy groups -OCH3 is 1. The van der Waals surface area contributed by atoms with E-state index in [-0.39, 0.29) is 0 Å². The van der Waals surface area contributed by atoms with Crippen molar-refractivity contribution in [1.82, 2.24) is 5.32 Å². The zero-order valence-corrected chi connectivity index (χ0v) is 12.5. The fourth-order valence-electron chi connectivity index (χ4n) is 1.62. The van der Waals surface area contributed by atoms with Crippen molar-refractivity contribution in [1.29, 1.82) is 0 Å². The third kappa shape index (κ3) is 4.95. The summed E-state index contributed by atoms with van der Waals surface area (Å²) in [4.78, 5) is 0. The molecule has 0 saturated heterocycles. The van der Waals surface area contributed by atoms with Gasteiger partial charge < -0.3 is 14.8 Å². The molecule has 1 aromatic carbocycles. The molecule has 0 aromatic heterocycles. The summed E-state index contributed by atoms with van der Waals surface area (Å²) in [7, 11) is 1.66. The van der Waals surface area contributed by atoms with Crippen molar-refractivity contribution in [3.63, 3.8) is 0 Å². The Hall–Kier alpha value is -1.48. The van der Waals surface area contributed by atoms with Crippen LogP contribution in [0.3, 0.4) is 0 Å². The van der Waals surface area contributed by atoms with E-state index >= 15 is 0 Å². The summed E-state index contributed by atoms with van der Waals surface area (Å²) in [6.45, 7) is 11.6. The lowest BCUT2D eigenvalue weighted by molar-refractivity contribution is 0.313. The molecule has 19 heavy (non-hydrogen) atoms. The predicted molar refractivity (Wildman–Crippen MR) is 79.9 cm³/mol. The smallest absolute Gasteiger partial charge is 0.166 e. The van der Waals surface area contributed by atoms with Gasteiger partial charge in [0.15, 0.2) is 11.5 Å². The van der Waals surface area contributed by atoms with Crippen LogP contribution in [-0.4, -0.2) is 19.8 Å². The monoisotopic (exact) mass is 263 g/mol. The second-order valence-corrected chi connectivity index (χ2v) is 4.88. The minimum Gasteiger partial charge on any atom is -0.493 e. The molecule has 1 aromatic rings. The Bertz CT molecular complexity index is 413. The molecule has 0 spiro atoms. The lowest BCUT2D eigenvalue weighted by atomic mass is 10.1. The molecule has 0 radical (unpaired) electrons. The van der Waals surface area contributed by atoms with Crippen molar-refractivity contribution in [3.8, 4) is 11.5 Å². The molecule has 0 heterocycles. The van der Waals surface area contributed by atoms with E-state index in [0.717, 1.165) is 35.6 Å².